The van der Waals surface area contributed by atoms with Crippen molar-refractivity contribution >= 4 is 44.8 Å². The first-order valence-electron chi connectivity index (χ1n) is 9.87. The SMILES string of the molecule is COc1ccc(-c2csc(NC(=O)c3cc(-c4cccs4)nc4onc(C)c34)n2)cc1OC. The number of pyridine rings is 1. The molecule has 0 spiro atoms. The van der Waals surface area contributed by atoms with Crippen molar-refractivity contribution in [2.75, 3.05) is 19.5 Å². The third-order valence-corrected chi connectivity index (χ3v) is 6.69. The molecule has 4 aromatic heterocycles. The van der Waals surface area contributed by atoms with E-state index in [2.05, 4.69) is 20.4 Å². The average Bonchev–Trinajstić information content (AvgIpc) is 3.60. The second kappa shape index (κ2) is 8.64. The highest BCUT2D eigenvalue weighted by atomic mass is 32.1. The van der Waals surface area contributed by atoms with Gasteiger partial charge >= 0.3 is 0 Å². The van der Waals surface area contributed by atoms with E-state index in [1.807, 2.05) is 41.1 Å². The van der Waals surface area contributed by atoms with Gasteiger partial charge in [0.15, 0.2) is 16.6 Å². The fourth-order valence-electron chi connectivity index (χ4n) is 3.45. The van der Waals surface area contributed by atoms with E-state index < -0.39 is 0 Å². The second-order valence-electron chi connectivity index (χ2n) is 7.04. The first kappa shape index (κ1) is 21.1. The van der Waals surface area contributed by atoms with E-state index in [-0.39, 0.29) is 5.91 Å². The van der Waals surface area contributed by atoms with Crippen molar-refractivity contribution in [2.45, 2.75) is 6.92 Å². The summed E-state index contributed by atoms with van der Waals surface area (Å²) in [7, 11) is 3.17. The predicted molar refractivity (Wildman–Crippen MR) is 128 cm³/mol. The van der Waals surface area contributed by atoms with Crippen LogP contribution in [-0.2, 0) is 0 Å². The number of carbonyl (C=O) groups excluding carboxylic acids is 1. The van der Waals surface area contributed by atoms with Gasteiger partial charge in [-0.05, 0) is 42.6 Å². The van der Waals surface area contributed by atoms with E-state index in [1.54, 1.807) is 27.2 Å². The zero-order valence-electron chi connectivity index (χ0n) is 17.9. The lowest BCUT2D eigenvalue weighted by atomic mass is 10.1. The molecule has 0 atom stereocenters. The Morgan fingerprint density at radius 2 is 1.88 bits per heavy atom. The van der Waals surface area contributed by atoms with Gasteiger partial charge in [0.05, 0.1) is 47.1 Å². The van der Waals surface area contributed by atoms with E-state index in [1.165, 1.54) is 22.7 Å². The number of anilines is 1. The van der Waals surface area contributed by atoms with Crippen LogP contribution in [0.1, 0.15) is 16.1 Å². The molecule has 0 bridgehead atoms. The molecule has 1 amide bonds. The molecule has 0 saturated heterocycles. The number of thiophene rings is 1. The monoisotopic (exact) mass is 478 g/mol. The minimum Gasteiger partial charge on any atom is -0.493 e. The van der Waals surface area contributed by atoms with Crippen LogP contribution < -0.4 is 14.8 Å². The number of nitrogens with one attached hydrogen (secondary N) is 1. The van der Waals surface area contributed by atoms with Gasteiger partial charge in [0.2, 0.25) is 0 Å². The van der Waals surface area contributed by atoms with E-state index in [0.717, 1.165) is 16.1 Å². The van der Waals surface area contributed by atoms with Crippen LogP contribution in [0.25, 0.3) is 32.9 Å². The van der Waals surface area contributed by atoms with Gasteiger partial charge in [-0.15, -0.1) is 22.7 Å². The van der Waals surface area contributed by atoms with E-state index in [0.29, 0.717) is 44.7 Å². The predicted octanol–water partition coefficient (Wildman–Crippen LogP) is 5.65. The van der Waals surface area contributed by atoms with Gasteiger partial charge in [-0.25, -0.2) is 9.97 Å². The molecule has 0 aliphatic heterocycles. The van der Waals surface area contributed by atoms with E-state index in [9.17, 15) is 4.79 Å². The fourth-order valence-corrected chi connectivity index (χ4v) is 4.85. The van der Waals surface area contributed by atoms with E-state index >= 15 is 0 Å². The summed E-state index contributed by atoms with van der Waals surface area (Å²) in [6.07, 6.45) is 0. The second-order valence-corrected chi connectivity index (χ2v) is 8.85. The molecule has 4 heterocycles. The van der Waals surface area contributed by atoms with Crippen LogP contribution >= 0.6 is 22.7 Å². The summed E-state index contributed by atoms with van der Waals surface area (Å²) in [6, 6.07) is 11.2. The summed E-state index contributed by atoms with van der Waals surface area (Å²) in [5.41, 5.74) is 3.59. The number of methoxy groups -OCH3 is 2. The number of aryl methyl sites for hydroxylation is 1. The average molecular weight is 479 g/mol. The fraction of sp³-hybridized carbons (Fsp3) is 0.130. The number of fused-ring (bicyclic) bond motifs is 1. The van der Waals surface area contributed by atoms with Gasteiger partial charge in [0, 0.05) is 10.9 Å². The minimum atomic E-state index is -0.306. The Kier molecular flexibility index (Phi) is 5.53. The number of benzene rings is 1. The number of nitrogens with zero attached hydrogens (tertiary/aromatic N) is 3. The van der Waals surface area contributed by atoms with Gasteiger partial charge in [-0.2, -0.15) is 0 Å². The third kappa shape index (κ3) is 3.94. The van der Waals surface area contributed by atoms with Crippen molar-refractivity contribution < 1.29 is 18.8 Å². The number of rotatable bonds is 6. The maximum atomic E-state index is 13.3. The Morgan fingerprint density at radius 3 is 2.64 bits per heavy atom. The van der Waals surface area contributed by atoms with Gasteiger partial charge in [-0.3, -0.25) is 10.1 Å². The van der Waals surface area contributed by atoms with Crippen LogP contribution in [-0.4, -0.2) is 35.3 Å². The highest BCUT2D eigenvalue weighted by Crippen LogP contribution is 2.34. The third-order valence-electron chi connectivity index (χ3n) is 5.04. The number of thiazole rings is 1. The summed E-state index contributed by atoms with van der Waals surface area (Å²) in [4.78, 5) is 23.3. The van der Waals surface area contributed by atoms with Crippen molar-refractivity contribution in [1.29, 1.82) is 0 Å². The molecule has 5 aromatic rings. The minimum absolute atomic E-state index is 0.306. The van der Waals surface area contributed by atoms with Crippen LogP contribution in [0.3, 0.4) is 0 Å². The molecule has 0 fully saturated rings. The number of ether oxygens (including phenoxy) is 2. The Bertz CT molecular complexity index is 1460. The Balaban J connectivity index is 1.46. The Morgan fingerprint density at radius 1 is 1.03 bits per heavy atom. The van der Waals surface area contributed by atoms with Gasteiger partial charge in [0.1, 0.15) is 0 Å². The standard InChI is InChI=1S/C23H18N4O4S2/c1-12-20-14(10-15(19-5-4-8-32-19)24-22(20)31-27-12)21(28)26-23-25-16(11-33-23)13-6-7-17(29-2)18(9-13)30-3/h4-11H,1-3H3,(H,25,26,28). The molecule has 33 heavy (non-hydrogen) atoms. The molecular weight excluding hydrogens is 460 g/mol. The summed E-state index contributed by atoms with van der Waals surface area (Å²) < 4.78 is 16.0. The van der Waals surface area contributed by atoms with Crippen molar-refractivity contribution in [3.63, 3.8) is 0 Å². The largest absolute Gasteiger partial charge is 0.493 e. The van der Waals surface area contributed by atoms with Crippen molar-refractivity contribution in [3.8, 4) is 33.3 Å². The first-order chi connectivity index (χ1) is 16.1. The molecule has 5 rings (SSSR count). The van der Waals surface area contributed by atoms with Crippen LogP contribution in [0.4, 0.5) is 5.13 Å². The zero-order chi connectivity index (χ0) is 22.9. The molecular formula is C23H18N4O4S2. The lowest BCUT2D eigenvalue weighted by Crippen LogP contribution is -2.13. The zero-order valence-corrected chi connectivity index (χ0v) is 19.5. The number of hydrogen-bond donors (Lipinski definition) is 1. The van der Waals surface area contributed by atoms with E-state index in [4.69, 9.17) is 14.0 Å². The molecule has 1 aromatic carbocycles. The first-order valence-corrected chi connectivity index (χ1v) is 11.6. The summed E-state index contributed by atoms with van der Waals surface area (Å²) in [5.74, 6) is 0.939. The maximum Gasteiger partial charge on any atom is 0.259 e. The molecule has 0 saturated carbocycles. The Hall–Kier alpha value is -3.76. The van der Waals surface area contributed by atoms with Crippen molar-refractivity contribution in [2.24, 2.45) is 0 Å². The molecule has 8 nitrogen and oxygen atoms in total. The smallest absolute Gasteiger partial charge is 0.259 e. The van der Waals surface area contributed by atoms with Crippen LogP contribution in [0.15, 0.2) is 51.7 Å². The molecule has 10 heteroatoms. The van der Waals surface area contributed by atoms with Crippen LogP contribution in [0.2, 0.25) is 0 Å². The quantitative estimate of drug-likeness (QED) is 0.336. The lowest BCUT2D eigenvalue weighted by molar-refractivity contribution is 0.102. The number of hydrogen-bond acceptors (Lipinski definition) is 9. The van der Waals surface area contributed by atoms with Gasteiger partial charge < -0.3 is 14.0 Å². The topological polar surface area (TPSA) is 99.4 Å². The number of amides is 1. The molecule has 0 radical (unpaired) electrons. The highest BCUT2D eigenvalue weighted by molar-refractivity contribution is 7.14. The van der Waals surface area contributed by atoms with Crippen molar-refractivity contribution in [1.82, 2.24) is 15.1 Å². The molecule has 0 unspecified atom stereocenters. The summed E-state index contributed by atoms with van der Waals surface area (Å²) in [6.45, 7) is 1.79. The van der Waals surface area contributed by atoms with Gasteiger partial charge in [0.25, 0.3) is 11.6 Å². The normalized spacial score (nSPS) is 11.0. The molecule has 1 N–H and O–H groups in total. The maximum absolute atomic E-state index is 13.3. The van der Waals surface area contributed by atoms with Crippen molar-refractivity contribution in [3.05, 3.63) is 58.4 Å². The molecule has 0 aliphatic rings. The summed E-state index contributed by atoms with van der Waals surface area (Å²) >= 11 is 2.87. The molecule has 0 aliphatic carbocycles. The number of carbonyl (C=O) groups is 1. The number of aromatic nitrogens is 3. The summed E-state index contributed by atoms with van der Waals surface area (Å²) in [5, 5.41) is 11.8. The lowest BCUT2D eigenvalue weighted by Gasteiger charge is -2.08. The Labute approximate surface area is 196 Å². The van der Waals surface area contributed by atoms with Crippen LogP contribution in [0, 0.1) is 6.92 Å². The van der Waals surface area contributed by atoms with Crippen LogP contribution in [0.5, 0.6) is 11.5 Å². The van der Waals surface area contributed by atoms with Gasteiger partial charge in [-0.1, -0.05) is 11.2 Å². The highest BCUT2D eigenvalue weighted by Gasteiger charge is 2.21. The molecule has 166 valence electrons.